The highest BCUT2D eigenvalue weighted by atomic mass is 19.4. The topological polar surface area (TPSA) is 46.2 Å². The number of Topliss-reactive ketones (excluding diaryl/α,β-unsaturated/α-hetero) is 1. The summed E-state index contributed by atoms with van der Waals surface area (Å²) in [5, 5.41) is 2.29. The van der Waals surface area contributed by atoms with Crippen LogP contribution < -0.4 is 5.32 Å². The lowest BCUT2D eigenvalue weighted by atomic mass is 10.1. The van der Waals surface area contributed by atoms with Crippen LogP contribution in [0.4, 0.5) is 13.2 Å². The highest BCUT2D eigenvalue weighted by Gasteiger charge is 2.30. The van der Waals surface area contributed by atoms with Gasteiger partial charge in [-0.05, 0) is 31.2 Å². The van der Waals surface area contributed by atoms with Gasteiger partial charge in [-0.1, -0.05) is 0 Å². The summed E-state index contributed by atoms with van der Waals surface area (Å²) in [6.45, 7) is 1.16. The van der Waals surface area contributed by atoms with Gasteiger partial charge in [0.1, 0.15) is 5.78 Å². The Hall–Kier alpha value is -1.85. The van der Waals surface area contributed by atoms with Gasteiger partial charge in [-0.2, -0.15) is 13.2 Å². The van der Waals surface area contributed by atoms with E-state index in [-0.39, 0.29) is 17.9 Å². The monoisotopic (exact) mass is 245 g/mol. The summed E-state index contributed by atoms with van der Waals surface area (Å²) in [5.41, 5.74) is -0.736. The van der Waals surface area contributed by atoms with Crippen LogP contribution >= 0.6 is 0 Å². The lowest BCUT2D eigenvalue weighted by Gasteiger charge is -2.07. The average Bonchev–Trinajstić information content (AvgIpc) is 2.25. The van der Waals surface area contributed by atoms with Crippen molar-refractivity contribution in [3.05, 3.63) is 35.4 Å². The molecule has 0 saturated carbocycles. The van der Waals surface area contributed by atoms with Gasteiger partial charge in [0.25, 0.3) is 5.91 Å². The molecule has 1 amide bonds. The van der Waals surface area contributed by atoms with E-state index >= 15 is 0 Å². The highest BCUT2D eigenvalue weighted by Crippen LogP contribution is 2.28. The van der Waals surface area contributed by atoms with Crippen molar-refractivity contribution in [3.8, 4) is 0 Å². The molecule has 0 aromatic heterocycles. The zero-order valence-corrected chi connectivity index (χ0v) is 8.97. The van der Waals surface area contributed by atoms with Crippen molar-refractivity contribution in [1.82, 2.24) is 5.32 Å². The minimum Gasteiger partial charge on any atom is -0.345 e. The van der Waals surface area contributed by atoms with Crippen LogP contribution in [0.2, 0.25) is 0 Å². The van der Waals surface area contributed by atoms with Gasteiger partial charge in [0, 0.05) is 5.56 Å². The molecule has 92 valence electrons. The molecule has 17 heavy (non-hydrogen) atoms. The van der Waals surface area contributed by atoms with E-state index in [1.165, 1.54) is 6.92 Å². The first kappa shape index (κ1) is 13.2. The molecule has 0 radical (unpaired) electrons. The van der Waals surface area contributed by atoms with Gasteiger partial charge < -0.3 is 5.32 Å². The summed E-state index contributed by atoms with van der Waals surface area (Å²) < 4.78 is 36.7. The fourth-order valence-electron chi connectivity index (χ4n) is 1.12. The van der Waals surface area contributed by atoms with Gasteiger partial charge in [-0.15, -0.1) is 0 Å². The Bertz CT molecular complexity index is 423. The Kier molecular flexibility index (Phi) is 3.88. The number of halogens is 3. The van der Waals surface area contributed by atoms with Crippen molar-refractivity contribution in [1.29, 1.82) is 0 Å². The molecule has 0 heterocycles. The van der Waals surface area contributed by atoms with E-state index < -0.39 is 17.6 Å². The lowest BCUT2D eigenvalue weighted by Crippen LogP contribution is -2.28. The fraction of sp³-hybridized carbons (Fsp3) is 0.273. The minimum absolute atomic E-state index is 0.0826. The predicted octanol–water partition coefficient (Wildman–Crippen LogP) is 2.02. The maximum absolute atomic E-state index is 12.2. The number of hydrogen-bond donors (Lipinski definition) is 1. The van der Waals surface area contributed by atoms with Gasteiger partial charge in [0.15, 0.2) is 0 Å². The molecule has 0 aliphatic carbocycles. The Morgan fingerprint density at radius 1 is 1.18 bits per heavy atom. The molecule has 0 spiro atoms. The number of amides is 1. The van der Waals surface area contributed by atoms with Crippen molar-refractivity contribution in [2.24, 2.45) is 0 Å². The molecule has 3 nitrogen and oxygen atoms in total. The van der Waals surface area contributed by atoms with Gasteiger partial charge in [0.05, 0.1) is 12.1 Å². The van der Waals surface area contributed by atoms with Crippen LogP contribution in [0.1, 0.15) is 22.8 Å². The van der Waals surface area contributed by atoms with Gasteiger partial charge in [-0.25, -0.2) is 0 Å². The third kappa shape index (κ3) is 3.90. The van der Waals surface area contributed by atoms with Crippen LogP contribution in [0.5, 0.6) is 0 Å². The molecule has 6 heteroatoms. The summed E-state index contributed by atoms with van der Waals surface area (Å²) in [5.74, 6) is -0.806. The zero-order valence-electron chi connectivity index (χ0n) is 8.97. The molecule has 1 N–H and O–H groups in total. The van der Waals surface area contributed by atoms with E-state index in [0.717, 1.165) is 24.3 Å². The molecule has 0 bridgehead atoms. The summed E-state index contributed by atoms with van der Waals surface area (Å²) in [6, 6.07) is 3.78. The number of nitrogens with one attached hydrogen (secondary N) is 1. The van der Waals surface area contributed by atoms with Crippen LogP contribution in [0, 0.1) is 0 Å². The quantitative estimate of drug-likeness (QED) is 0.885. The number of ketones is 1. The number of alkyl halides is 3. The first-order valence-corrected chi connectivity index (χ1v) is 4.75. The summed E-state index contributed by atoms with van der Waals surface area (Å²) in [7, 11) is 0. The number of rotatable bonds is 3. The largest absolute Gasteiger partial charge is 0.416 e. The molecule has 0 fully saturated rings. The molecule has 1 aromatic rings. The van der Waals surface area contributed by atoms with E-state index in [2.05, 4.69) is 5.32 Å². The third-order valence-electron chi connectivity index (χ3n) is 1.97. The van der Waals surface area contributed by atoms with Crippen LogP contribution in [0.25, 0.3) is 0 Å². The number of benzene rings is 1. The molecule has 0 atom stereocenters. The molecule has 0 saturated heterocycles. The van der Waals surface area contributed by atoms with Gasteiger partial charge in [0.2, 0.25) is 0 Å². The van der Waals surface area contributed by atoms with E-state index in [9.17, 15) is 22.8 Å². The number of carbonyl (C=O) groups is 2. The molecule has 0 aliphatic rings. The second-order valence-electron chi connectivity index (χ2n) is 3.46. The maximum atomic E-state index is 12.2. The zero-order chi connectivity index (χ0) is 13.1. The van der Waals surface area contributed by atoms with Gasteiger partial charge in [-0.3, -0.25) is 9.59 Å². The minimum atomic E-state index is -4.42. The molecular weight excluding hydrogens is 235 g/mol. The van der Waals surface area contributed by atoms with E-state index in [1.807, 2.05) is 0 Å². The maximum Gasteiger partial charge on any atom is 0.416 e. The second-order valence-corrected chi connectivity index (χ2v) is 3.46. The number of carbonyl (C=O) groups excluding carboxylic acids is 2. The van der Waals surface area contributed by atoms with Crippen molar-refractivity contribution >= 4 is 11.7 Å². The number of hydrogen-bond acceptors (Lipinski definition) is 2. The predicted molar refractivity (Wildman–Crippen MR) is 54.5 cm³/mol. The summed E-state index contributed by atoms with van der Waals surface area (Å²) >= 11 is 0. The fourth-order valence-corrected chi connectivity index (χ4v) is 1.12. The van der Waals surface area contributed by atoms with Crippen LogP contribution in [0.3, 0.4) is 0 Å². The molecule has 0 aliphatic heterocycles. The standard InChI is InChI=1S/C11H10F3NO2/c1-7(16)6-15-10(17)8-2-4-9(5-3-8)11(12,13)14/h2-5H,6H2,1H3,(H,15,17). The smallest absolute Gasteiger partial charge is 0.345 e. The van der Waals surface area contributed by atoms with E-state index in [1.54, 1.807) is 0 Å². The molecule has 0 unspecified atom stereocenters. The SMILES string of the molecule is CC(=O)CNC(=O)c1ccc(C(F)(F)F)cc1. The molecule has 1 rings (SSSR count). The Labute approximate surface area is 95.6 Å². The van der Waals surface area contributed by atoms with Crippen LogP contribution in [-0.4, -0.2) is 18.2 Å². The van der Waals surface area contributed by atoms with Crippen molar-refractivity contribution in [2.45, 2.75) is 13.1 Å². The van der Waals surface area contributed by atoms with Crippen LogP contribution in [-0.2, 0) is 11.0 Å². The first-order chi connectivity index (χ1) is 7.80. The van der Waals surface area contributed by atoms with E-state index in [0.29, 0.717) is 0 Å². The Morgan fingerprint density at radius 2 is 1.71 bits per heavy atom. The summed E-state index contributed by atoms with van der Waals surface area (Å²) in [6.07, 6.45) is -4.42. The van der Waals surface area contributed by atoms with Crippen molar-refractivity contribution < 1.29 is 22.8 Å². The first-order valence-electron chi connectivity index (χ1n) is 4.75. The third-order valence-corrected chi connectivity index (χ3v) is 1.97. The lowest BCUT2D eigenvalue weighted by molar-refractivity contribution is -0.137. The van der Waals surface area contributed by atoms with Crippen molar-refractivity contribution in [3.63, 3.8) is 0 Å². The van der Waals surface area contributed by atoms with Crippen LogP contribution in [0.15, 0.2) is 24.3 Å². The Morgan fingerprint density at radius 3 is 2.12 bits per heavy atom. The van der Waals surface area contributed by atoms with Gasteiger partial charge >= 0.3 is 6.18 Å². The summed E-state index contributed by atoms with van der Waals surface area (Å²) in [4.78, 5) is 22.0. The average molecular weight is 245 g/mol. The Balaban J connectivity index is 2.74. The molecular formula is C11H10F3NO2. The normalized spacial score (nSPS) is 11.1. The highest BCUT2D eigenvalue weighted by molar-refractivity contribution is 5.96. The molecule has 1 aromatic carbocycles. The van der Waals surface area contributed by atoms with Crippen molar-refractivity contribution in [2.75, 3.05) is 6.54 Å². The second kappa shape index (κ2) is 4.99. The van der Waals surface area contributed by atoms with E-state index in [4.69, 9.17) is 0 Å².